The van der Waals surface area contributed by atoms with E-state index in [-0.39, 0.29) is 17.9 Å². The first-order valence-corrected chi connectivity index (χ1v) is 6.01. The van der Waals surface area contributed by atoms with E-state index in [2.05, 4.69) is 5.32 Å². The highest BCUT2D eigenvalue weighted by Gasteiger charge is 2.35. The fourth-order valence-electron chi connectivity index (χ4n) is 1.71. The standard InChI is InChI=1S/C13H16N2O6/c1-8-4-5-9(6-10(8)15(19)20)11(16)14-13(2,7-21-3)12(17)18/h4-6H,7H2,1-3H3,(H,14,16)(H,17,18). The lowest BCUT2D eigenvalue weighted by atomic mass is 10.0. The molecule has 0 spiro atoms. The van der Waals surface area contributed by atoms with E-state index in [0.717, 1.165) is 6.07 Å². The molecule has 1 rings (SSSR count). The normalized spacial score (nSPS) is 13.3. The predicted octanol–water partition coefficient (Wildman–Crippen LogP) is 1.12. The molecule has 0 fully saturated rings. The van der Waals surface area contributed by atoms with E-state index in [0.29, 0.717) is 5.56 Å². The lowest BCUT2D eigenvalue weighted by Gasteiger charge is -2.25. The first kappa shape index (κ1) is 16.6. The van der Waals surface area contributed by atoms with Crippen LogP contribution in [0, 0.1) is 17.0 Å². The average Bonchev–Trinajstić information content (AvgIpc) is 2.38. The number of nitro groups is 1. The van der Waals surface area contributed by atoms with Crippen LogP contribution in [0.2, 0.25) is 0 Å². The highest BCUT2D eigenvalue weighted by atomic mass is 16.6. The van der Waals surface area contributed by atoms with Crippen LogP contribution in [-0.2, 0) is 9.53 Å². The third kappa shape index (κ3) is 3.76. The fourth-order valence-corrected chi connectivity index (χ4v) is 1.71. The van der Waals surface area contributed by atoms with Crippen molar-refractivity contribution in [3.8, 4) is 0 Å². The van der Waals surface area contributed by atoms with Gasteiger partial charge in [-0.05, 0) is 19.9 Å². The summed E-state index contributed by atoms with van der Waals surface area (Å²) in [7, 11) is 1.31. The zero-order chi connectivity index (χ0) is 16.2. The van der Waals surface area contributed by atoms with E-state index in [4.69, 9.17) is 9.84 Å². The van der Waals surface area contributed by atoms with Gasteiger partial charge in [0.15, 0.2) is 5.54 Å². The summed E-state index contributed by atoms with van der Waals surface area (Å²) < 4.78 is 4.78. The summed E-state index contributed by atoms with van der Waals surface area (Å²) >= 11 is 0. The molecule has 1 amide bonds. The van der Waals surface area contributed by atoms with Gasteiger partial charge in [0, 0.05) is 24.3 Å². The Kier molecular flexibility index (Phi) is 4.98. The minimum atomic E-state index is -1.62. The van der Waals surface area contributed by atoms with Crippen LogP contribution in [0.4, 0.5) is 5.69 Å². The summed E-state index contributed by atoms with van der Waals surface area (Å²) in [6.07, 6.45) is 0. The van der Waals surface area contributed by atoms with Gasteiger partial charge in [-0.1, -0.05) is 6.07 Å². The molecule has 1 aromatic carbocycles. The molecule has 0 aliphatic rings. The number of nitrogens with zero attached hydrogens (tertiary/aromatic N) is 1. The Labute approximate surface area is 120 Å². The number of nitro benzene ring substituents is 1. The monoisotopic (exact) mass is 296 g/mol. The largest absolute Gasteiger partial charge is 0.479 e. The molecule has 0 saturated heterocycles. The maximum Gasteiger partial charge on any atom is 0.331 e. The van der Waals surface area contributed by atoms with Crippen molar-refractivity contribution in [1.82, 2.24) is 5.32 Å². The molecule has 0 radical (unpaired) electrons. The molecule has 0 bridgehead atoms. The van der Waals surface area contributed by atoms with Gasteiger partial charge < -0.3 is 15.2 Å². The summed E-state index contributed by atoms with van der Waals surface area (Å²) in [5, 5.41) is 22.3. The van der Waals surface area contributed by atoms with Crippen LogP contribution >= 0.6 is 0 Å². The van der Waals surface area contributed by atoms with E-state index in [1.54, 1.807) is 6.92 Å². The first-order valence-electron chi connectivity index (χ1n) is 6.01. The second-order valence-electron chi connectivity index (χ2n) is 4.78. The Hall–Kier alpha value is -2.48. The van der Waals surface area contributed by atoms with Gasteiger partial charge in [-0.2, -0.15) is 0 Å². The van der Waals surface area contributed by atoms with E-state index in [1.807, 2.05) is 0 Å². The number of methoxy groups -OCH3 is 1. The SMILES string of the molecule is COCC(C)(NC(=O)c1ccc(C)c([N+](=O)[O-])c1)C(=O)O. The van der Waals surface area contributed by atoms with Crippen LogP contribution in [0.3, 0.4) is 0 Å². The number of carboxylic acids is 1. The number of carboxylic acid groups (broad SMARTS) is 1. The van der Waals surface area contributed by atoms with Crippen molar-refractivity contribution in [2.24, 2.45) is 0 Å². The van der Waals surface area contributed by atoms with Crippen LogP contribution < -0.4 is 5.32 Å². The molecule has 0 aliphatic carbocycles. The van der Waals surface area contributed by atoms with Crippen molar-refractivity contribution in [3.63, 3.8) is 0 Å². The molecule has 0 saturated carbocycles. The highest BCUT2D eigenvalue weighted by molar-refractivity contribution is 5.98. The molecule has 1 unspecified atom stereocenters. The summed E-state index contributed by atoms with van der Waals surface area (Å²) in [6, 6.07) is 3.94. The molecule has 0 heterocycles. The van der Waals surface area contributed by atoms with Gasteiger partial charge in [0.2, 0.25) is 0 Å². The van der Waals surface area contributed by atoms with Gasteiger partial charge in [-0.15, -0.1) is 0 Å². The van der Waals surface area contributed by atoms with Crippen molar-refractivity contribution in [2.45, 2.75) is 19.4 Å². The maximum absolute atomic E-state index is 12.1. The number of rotatable bonds is 6. The van der Waals surface area contributed by atoms with Gasteiger partial charge in [0.25, 0.3) is 11.6 Å². The number of aliphatic carboxylic acids is 1. The molecule has 21 heavy (non-hydrogen) atoms. The van der Waals surface area contributed by atoms with Gasteiger partial charge in [-0.3, -0.25) is 14.9 Å². The van der Waals surface area contributed by atoms with Crippen LogP contribution in [0.25, 0.3) is 0 Å². The number of nitrogens with one attached hydrogen (secondary N) is 1. The molecule has 0 aliphatic heterocycles. The Balaban J connectivity index is 3.06. The van der Waals surface area contributed by atoms with Crippen LogP contribution in [0.15, 0.2) is 18.2 Å². The molecule has 114 valence electrons. The van der Waals surface area contributed by atoms with Gasteiger partial charge >= 0.3 is 5.97 Å². The number of carbonyl (C=O) groups is 2. The lowest BCUT2D eigenvalue weighted by molar-refractivity contribution is -0.385. The Morgan fingerprint density at radius 1 is 1.48 bits per heavy atom. The zero-order valence-electron chi connectivity index (χ0n) is 11.9. The number of aryl methyl sites for hydroxylation is 1. The van der Waals surface area contributed by atoms with E-state index in [9.17, 15) is 19.7 Å². The van der Waals surface area contributed by atoms with Crippen molar-refractivity contribution < 1.29 is 24.4 Å². The summed E-state index contributed by atoms with van der Waals surface area (Å²) in [5.41, 5.74) is -1.40. The number of hydrogen-bond donors (Lipinski definition) is 2. The Morgan fingerprint density at radius 2 is 2.10 bits per heavy atom. The second-order valence-corrected chi connectivity index (χ2v) is 4.78. The summed E-state index contributed by atoms with van der Waals surface area (Å²) in [6.45, 7) is 2.60. The van der Waals surface area contributed by atoms with Gasteiger partial charge in [0.05, 0.1) is 11.5 Å². The van der Waals surface area contributed by atoms with Crippen molar-refractivity contribution >= 4 is 17.6 Å². The molecule has 8 heteroatoms. The Morgan fingerprint density at radius 3 is 2.57 bits per heavy atom. The van der Waals surface area contributed by atoms with E-state index >= 15 is 0 Å². The predicted molar refractivity (Wildman–Crippen MR) is 73.2 cm³/mol. The quantitative estimate of drug-likeness (QED) is 0.599. The van der Waals surface area contributed by atoms with Crippen molar-refractivity contribution in [3.05, 3.63) is 39.4 Å². The number of carbonyl (C=O) groups excluding carboxylic acids is 1. The molecular formula is C13H16N2O6. The maximum atomic E-state index is 12.1. The minimum Gasteiger partial charge on any atom is -0.479 e. The molecule has 1 aromatic rings. The number of hydrogen-bond acceptors (Lipinski definition) is 5. The molecule has 8 nitrogen and oxygen atoms in total. The third-order valence-electron chi connectivity index (χ3n) is 2.96. The topological polar surface area (TPSA) is 119 Å². The average molecular weight is 296 g/mol. The molecular weight excluding hydrogens is 280 g/mol. The van der Waals surface area contributed by atoms with Gasteiger partial charge in [-0.25, -0.2) is 4.79 Å². The van der Waals surface area contributed by atoms with Crippen molar-refractivity contribution in [1.29, 1.82) is 0 Å². The number of benzene rings is 1. The third-order valence-corrected chi connectivity index (χ3v) is 2.96. The molecule has 2 N–H and O–H groups in total. The van der Waals surface area contributed by atoms with E-state index in [1.165, 1.54) is 26.2 Å². The Bertz CT molecular complexity index is 586. The summed E-state index contributed by atoms with van der Waals surface area (Å²) in [5.74, 6) is -1.99. The minimum absolute atomic E-state index is 0.0101. The van der Waals surface area contributed by atoms with Crippen LogP contribution in [0.1, 0.15) is 22.8 Å². The zero-order valence-corrected chi connectivity index (χ0v) is 11.9. The van der Waals surface area contributed by atoms with Crippen LogP contribution in [0.5, 0.6) is 0 Å². The van der Waals surface area contributed by atoms with Crippen LogP contribution in [-0.4, -0.2) is 41.2 Å². The van der Waals surface area contributed by atoms with Crippen molar-refractivity contribution in [2.75, 3.05) is 13.7 Å². The van der Waals surface area contributed by atoms with E-state index < -0.39 is 22.3 Å². The van der Waals surface area contributed by atoms with Gasteiger partial charge in [0.1, 0.15) is 0 Å². The summed E-state index contributed by atoms with van der Waals surface area (Å²) in [4.78, 5) is 33.5. The smallest absolute Gasteiger partial charge is 0.331 e. The lowest BCUT2D eigenvalue weighted by Crippen LogP contribution is -2.55. The fraction of sp³-hybridized carbons (Fsp3) is 0.385. The second kappa shape index (κ2) is 6.31. The highest BCUT2D eigenvalue weighted by Crippen LogP contribution is 2.19. The first-order chi connectivity index (χ1) is 9.71. The number of ether oxygens (including phenoxy) is 1. The molecule has 0 aromatic heterocycles. The molecule has 1 atom stereocenters. The number of amides is 1.